The second-order valence-corrected chi connectivity index (χ2v) is 10.7. The average molecular weight is 452 g/mol. The third-order valence-corrected chi connectivity index (χ3v) is 7.25. The van der Waals surface area contributed by atoms with Gasteiger partial charge in [0.25, 0.3) is 0 Å². The second-order valence-electron chi connectivity index (χ2n) is 7.96. The number of hydrogen-bond donors (Lipinski definition) is 1. The molecule has 0 amide bonds. The number of benzene rings is 2. The number of allylic oxidation sites excluding steroid dienone is 4. The number of aryl methyl sites for hydroxylation is 3. The Hall–Kier alpha value is -0.986. The molecule has 1 aliphatic carbocycles. The molecule has 0 fully saturated rings. The van der Waals surface area contributed by atoms with Crippen molar-refractivity contribution < 1.29 is 19.4 Å². The quantitative estimate of drug-likeness (QED) is 0.463. The Morgan fingerprint density at radius 3 is 2.11 bits per heavy atom. The summed E-state index contributed by atoms with van der Waals surface area (Å²) in [6.07, 6.45) is 5.59. The monoisotopic (exact) mass is 451 g/mol. The zero-order valence-corrected chi connectivity index (χ0v) is 20.8. The minimum atomic E-state index is -0.422. The van der Waals surface area contributed by atoms with Crippen LogP contribution in [0.25, 0.3) is 5.57 Å². The predicted octanol–water partition coefficient (Wildman–Crippen LogP) is 7.53. The molecule has 1 N–H and O–H groups in total. The molecule has 1 nitrogen and oxygen atoms in total. The summed E-state index contributed by atoms with van der Waals surface area (Å²) < 4.78 is 4.03. The normalized spacial score (nSPS) is 13.1. The predicted molar refractivity (Wildman–Crippen MR) is 125 cm³/mol. The molecular formula is C24H31Cl2NTi. The standard InChI is InChI=1S/C15H17.C9H12N.2ClH.Ti/c1-11(2)13-8-4-5-9-15(13)14-10-6-7-12(14)3;1-6-4-7(2)9(10)8(3)5-6;;;/h4-9H,10H2,1-3H3;4-5,10H,1-3H3;2*1H;/q;-1;;;+1. The van der Waals surface area contributed by atoms with Crippen LogP contribution in [0.2, 0.25) is 0 Å². The smallest absolute Gasteiger partial charge is 0.147 e. The van der Waals surface area contributed by atoms with Crippen molar-refractivity contribution >= 4 is 36.1 Å². The molecule has 0 unspecified atom stereocenters. The minimum absolute atomic E-state index is 0. The maximum absolute atomic E-state index is 3.87. The maximum Gasteiger partial charge on any atom is -0.147 e. The zero-order chi connectivity index (χ0) is 18.9. The molecular weight excluding hydrogens is 421 g/mol. The third-order valence-electron chi connectivity index (χ3n) is 5.27. The Balaban J connectivity index is 0.00000196. The Bertz CT molecular complexity index is 874. The average Bonchev–Trinajstić information content (AvgIpc) is 2.99. The summed E-state index contributed by atoms with van der Waals surface area (Å²) in [5, 5.41) is 0. The van der Waals surface area contributed by atoms with Gasteiger partial charge in [-0.2, -0.15) is 0 Å². The van der Waals surface area contributed by atoms with E-state index in [-0.39, 0.29) is 28.5 Å². The Kier molecular flexibility index (Phi) is 9.10. The number of nitrogens with one attached hydrogen (secondary N) is 1. The summed E-state index contributed by atoms with van der Waals surface area (Å²) in [6, 6.07) is 13.6. The van der Waals surface area contributed by atoms with Gasteiger partial charge >= 0.3 is 168 Å². The largest absolute Gasteiger partial charge is 0.147 e. The summed E-state index contributed by atoms with van der Waals surface area (Å²) in [5.41, 5.74) is 11.2. The van der Waals surface area contributed by atoms with Crippen LogP contribution in [0.15, 0.2) is 54.1 Å². The fourth-order valence-electron chi connectivity index (χ4n) is 3.89. The van der Waals surface area contributed by atoms with E-state index in [0.29, 0.717) is 0 Å². The second kappa shape index (κ2) is 10.2. The van der Waals surface area contributed by atoms with Crippen molar-refractivity contribution in [3.05, 3.63) is 81.9 Å². The van der Waals surface area contributed by atoms with Crippen LogP contribution in [0, 0.1) is 20.8 Å². The summed E-state index contributed by atoms with van der Waals surface area (Å²) in [5.74, 6) is 0. The fraction of sp³-hybridized carbons (Fsp3) is 0.333. The third kappa shape index (κ3) is 5.33. The molecule has 0 saturated carbocycles. The first-order valence-corrected chi connectivity index (χ1v) is 10.9. The van der Waals surface area contributed by atoms with E-state index in [1.807, 2.05) is 0 Å². The van der Waals surface area contributed by atoms with Gasteiger partial charge in [-0.1, -0.05) is 0 Å². The first-order valence-electron chi connectivity index (χ1n) is 9.37. The SMILES string of the molecule is CC1=C(c2ccccc2[C](C)(C)[Ti][NH]c2c(C)cc(C)cc2C)CC=C1.Cl.Cl. The summed E-state index contributed by atoms with van der Waals surface area (Å²) in [6.45, 7) is 13.6. The first-order chi connectivity index (χ1) is 12.3. The number of halogens is 2. The molecule has 0 bridgehead atoms. The van der Waals surface area contributed by atoms with Crippen molar-refractivity contribution in [1.29, 1.82) is 0 Å². The van der Waals surface area contributed by atoms with Crippen LogP contribution in [0.5, 0.6) is 0 Å². The summed E-state index contributed by atoms with van der Waals surface area (Å²) in [4.78, 5) is 0. The van der Waals surface area contributed by atoms with Crippen molar-refractivity contribution in [3.63, 3.8) is 0 Å². The van der Waals surface area contributed by atoms with E-state index in [0.717, 1.165) is 6.42 Å². The van der Waals surface area contributed by atoms with Gasteiger partial charge in [0.2, 0.25) is 0 Å². The molecule has 150 valence electrons. The Morgan fingerprint density at radius 1 is 0.929 bits per heavy atom. The van der Waals surface area contributed by atoms with E-state index >= 15 is 0 Å². The number of hydrogen-bond acceptors (Lipinski definition) is 1. The van der Waals surface area contributed by atoms with Gasteiger partial charge in [0.1, 0.15) is 0 Å². The van der Waals surface area contributed by atoms with Crippen molar-refractivity contribution in [2.45, 2.75) is 51.7 Å². The summed E-state index contributed by atoms with van der Waals surface area (Å²) >= 11 is -0.422. The van der Waals surface area contributed by atoms with Crippen LogP contribution in [-0.2, 0) is 23.1 Å². The topological polar surface area (TPSA) is 12.0 Å². The number of rotatable bonds is 5. The molecule has 0 saturated heterocycles. The van der Waals surface area contributed by atoms with Gasteiger partial charge in [-0.3, -0.25) is 0 Å². The van der Waals surface area contributed by atoms with Crippen LogP contribution in [0.3, 0.4) is 0 Å². The van der Waals surface area contributed by atoms with Crippen LogP contribution >= 0.6 is 24.8 Å². The Labute approximate surface area is 192 Å². The molecule has 2 aromatic rings. The van der Waals surface area contributed by atoms with Crippen molar-refractivity contribution in [1.82, 2.24) is 0 Å². The van der Waals surface area contributed by atoms with Gasteiger partial charge in [0.15, 0.2) is 0 Å². The van der Waals surface area contributed by atoms with Gasteiger partial charge in [-0.05, 0) is 0 Å². The molecule has 0 aliphatic heterocycles. The van der Waals surface area contributed by atoms with Crippen molar-refractivity contribution in [2.24, 2.45) is 0 Å². The van der Waals surface area contributed by atoms with E-state index in [9.17, 15) is 0 Å². The molecule has 0 atom stereocenters. The van der Waals surface area contributed by atoms with Gasteiger partial charge < -0.3 is 0 Å². The van der Waals surface area contributed by atoms with Crippen LogP contribution < -0.4 is 3.80 Å². The molecule has 0 radical (unpaired) electrons. The van der Waals surface area contributed by atoms with E-state index in [1.54, 1.807) is 0 Å². The molecule has 3 rings (SSSR count). The minimum Gasteiger partial charge on any atom is -0.147 e. The van der Waals surface area contributed by atoms with E-state index < -0.39 is 19.4 Å². The number of anilines is 1. The van der Waals surface area contributed by atoms with E-state index in [2.05, 4.69) is 93.9 Å². The molecule has 0 aromatic heterocycles. The molecule has 1 aliphatic rings. The van der Waals surface area contributed by atoms with Crippen molar-refractivity contribution in [3.8, 4) is 0 Å². The van der Waals surface area contributed by atoms with Crippen LogP contribution in [0.4, 0.5) is 5.69 Å². The van der Waals surface area contributed by atoms with E-state index in [4.69, 9.17) is 0 Å². The van der Waals surface area contributed by atoms with Crippen LogP contribution in [0.1, 0.15) is 55.0 Å². The zero-order valence-electron chi connectivity index (χ0n) is 17.6. The van der Waals surface area contributed by atoms with E-state index in [1.165, 1.54) is 44.7 Å². The van der Waals surface area contributed by atoms with Crippen LogP contribution in [-0.4, -0.2) is 0 Å². The first kappa shape index (κ1) is 25.1. The fourth-order valence-corrected chi connectivity index (χ4v) is 5.74. The molecule has 0 heterocycles. The molecule has 0 spiro atoms. The van der Waals surface area contributed by atoms with Gasteiger partial charge in [0, 0.05) is 0 Å². The molecule has 2 aromatic carbocycles. The molecule has 4 heteroatoms. The summed E-state index contributed by atoms with van der Waals surface area (Å²) in [7, 11) is 0. The Morgan fingerprint density at radius 2 is 1.54 bits per heavy atom. The van der Waals surface area contributed by atoms with Gasteiger partial charge in [0.05, 0.1) is 0 Å². The van der Waals surface area contributed by atoms with Gasteiger partial charge in [-0.15, -0.1) is 24.8 Å². The maximum atomic E-state index is 3.87. The van der Waals surface area contributed by atoms with Gasteiger partial charge in [-0.25, -0.2) is 0 Å². The molecule has 28 heavy (non-hydrogen) atoms. The van der Waals surface area contributed by atoms with Crippen molar-refractivity contribution in [2.75, 3.05) is 3.80 Å².